The number of nitrogens with one attached hydrogen (secondary N) is 1. The van der Waals surface area contributed by atoms with Crippen molar-refractivity contribution in [2.75, 3.05) is 27.3 Å². The Labute approximate surface area is 180 Å². The molecule has 0 spiro atoms. The van der Waals surface area contributed by atoms with E-state index >= 15 is 0 Å². The van der Waals surface area contributed by atoms with Gasteiger partial charge in [0, 0.05) is 38.8 Å². The van der Waals surface area contributed by atoms with Crippen molar-refractivity contribution in [3.8, 4) is 0 Å². The molecule has 7 nitrogen and oxygen atoms in total. The first-order chi connectivity index (χ1) is 12.0. The van der Waals surface area contributed by atoms with Crippen molar-refractivity contribution in [2.24, 2.45) is 12.0 Å². The summed E-state index contributed by atoms with van der Waals surface area (Å²) < 4.78 is 8.14. The maximum Gasteiger partial charge on any atom is 0.194 e. The van der Waals surface area contributed by atoms with Crippen LogP contribution < -0.4 is 5.32 Å². The van der Waals surface area contributed by atoms with Gasteiger partial charge < -0.3 is 19.5 Å². The molecule has 1 heterocycles. The number of aliphatic imine (C=N–C) groups is 1. The minimum Gasteiger partial charge on any atom is -0.383 e. The lowest BCUT2D eigenvalue weighted by Crippen LogP contribution is -2.40. The molecule has 0 radical (unpaired) electrons. The van der Waals surface area contributed by atoms with Gasteiger partial charge >= 0.3 is 0 Å². The molecule has 0 fully saturated rings. The lowest BCUT2D eigenvalue weighted by molar-refractivity contribution is 0.203. The summed E-state index contributed by atoms with van der Waals surface area (Å²) in [5.41, 5.74) is 1.21. The van der Waals surface area contributed by atoms with Crippen LogP contribution in [0, 0.1) is 6.92 Å². The molecule has 0 saturated carbocycles. The standard InChI is InChI=1S/C17H25BrN6O.HI/c1-13-21-22-16(24(13)3)11-20-17(19-9-10-25-4)23(2)12-14-5-7-15(18)8-6-14;/h5-8H,9-12H2,1-4H3,(H,19,20);1H. The lowest BCUT2D eigenvalue weighted by Gasteiger charge is -2.22. The summed E-state index contributed by atoms with van der Waals surface area (Å²) in [5.74, 6) is 2.52. The largest absolute Gasteiger partial charge is 0.383 e. The fraction of sp³-hybridized carbons (Fsp3) is 0.471. The second-order valence-corrected chi connectivity index (χ2v) is 6.68. The molecule has 0 aliphatic heterocycles. The zero-order valence-corrected chi connectivity index (χ0v) is 19.5. The van der Waals surface area contributed by atoms with Gasteiger partial charge in [0.1, 0.15) is 12.4 Å². The molecule has 1 N–H and O–H groups in total. The number of hydrogen-bond acceptors (Lipinski definition) is 4. The molecule has 0 atom stereocenters. The van der Waals surface area contributed by atoms with E-state index in [-0.39, 0.29) is 24.0 Å². The van der Waals surface area contributed by atoms with Crippen molar-refractivity contribution in [3.05, 3.63) is 46.0 Å². The third-order valence-corrected chi connectivity index (χ3v) is 4.37. The van der Waals surface area contributed by atoms with E-state index in [1.165, 1.54) is 5.56 Å². The predicted molar refractivity (Wildman–Crippen MR) is 118 cm³/mol. The van der Waals surface area contributed by atoms with E-state index in [4.69, 9.17) is 9.73 Å². The molecule has 2 aromatic rings. The molecule has 2 rings (SSSR count). The number of halogens is 2. The first kappa shape index (κ1) is 22.8. The van der Waals surface area contributed by atoms with Gasteiger partial charge in [0.05, 0.1) is 6.61 Å². The van der Waals surface area contributed by atoms with Crippen molar-refractivity contribution in [1.82, 2.24) is 25.0 Å². The molecule has 1 aromatic heterocycles. The van der Waals surface area contributed by atoms with Gasteiger partial charge in [0.25, 0.3) is 0 Å². The smallest absolute Gasteiger partial charge is 0.194 e. The molecular weight excluding hydrogens is 511 g/mol. The summed E-state index contributed by atoms with van der Waals surface area (Å²) in [4.78, 5) is 6.78. The number of benzene rings is 1. The quantitative estimate of drug-likeness (QED) is 0.255. The topological polar surface area (TPSA) is 67.6 Å². The molecular formula is C17H26BrIN6O. The summed E-state index contributed by atoms with van der Waals surface area (Å²) in [6.07, 6.45) is 0. The predicted octanol–water partition coefficient (Wildman–Crippen LogP) is 2.73. The number of nitrogens with zero attached hydrogens (tertiary/aromatic N) is 5. The van der Waals surface area contributed by atoms with Crippen molar-refractivity contribution in [1.29, 1.82) is 0 Å². The van der Waals surface area contributed by atoms with Crippen LogP contribution >= 0.6 is 39.9 Å². The number of aryl methyl sites for hydroxylation is 1. The van der Waals surface area contributed by atoms with Crippen LogP contribution in [0.2, 0.25) is 0 Å². The Morgan fingerprint density at radius 1 is 1.31 bits per heavy atom. The Bertz CT molecular complexity index is 704. The van der Waals surface area contributed by atoms with Crippen LogP contribution in [-0.4, -0.2) is 52.9 Å². The maximum atomic E-state index is 5.12. The van der Waals surface area contributed by atoms with E-state index in [1.807, 2.05) is 37.7 Å². The van der Waals surface area contributed by atoms with E-state index < -0.39 is 0 Å². The molecule has 0 amide bonds. The van der Waals surface area contributed by atoms with Gasteiger partial charge in [-0.15, -0.1) is 34.2 Å². The van der Waals surface area contributed by atoms with E-state index in [0.717, 1.165) is 28.6 Å². The Hall–Kier alpha value is -1.20. The van der Waals surface area contributed by atoms with E-state index in [9.17, 15) is 0 Å². The molecule has 0 unspecified atom stereocenters. The van der Waals surface area contributed by atoms with Crippen molar-refractivity contribution in [3.63, 3.8) is 0 Å². The number of aromatic nitrogens is 3. The molecule has 0 aliphatic carbocycles. The monoisotopic (exact) mass is 536 g/mol. The number of hydrogen-bond donors (Lipinski definition) is 1. The summed E-state index contributed by atoms with van der Waals surface area (Å²) >= 11 is 3.46. The van der Waals surface area contributed by atoms with E-state index in [2.05, 4.69) is 48.5 Å². The fourth-order valence-electron chi connectivity index (χ4n) is 2.25. The summed E-state index contributed by atoms with van der Waals surface area (Å²) in [6.45, 7) is 4.46. The first-order valence-corrected chi connectivity index (χ1v) is 8.88. The van der Waals surface area contributed by atoms with Crippen LogP contribution in [0.5, 0.6) is 0 Å². The minimum absolute atomic E-state index is 0. The Morgan fingerprint density at radius 2 is 2.00 bits per heavy atom. The average Bonchev–Trinajstić information content (AvgIpc) is 2.92. The average molecular weight is 537 g/mol. The van der Waals surface area contributed by atoms with Crippen molar-refractivity contribution >= 4 is 45.9 Å². The van der Waals surface area contributed by atoms with E-state index in [1.54, 1.807) is 7.11 Å². The van der Waals surface area contributed by atoms with Crippen LogP contribution in [0.3, 0.4) is 0 Å². The summed E-state index contributed by atoms with van der Waals surface area (Å²) in [6, 6.07) is 8.28. The number of rotatable bonds is 7. The highest BCUT2D eigenvalue weighted by atomic mass is 127. The van der Waals surface area contributed by atoms with Gasteiger partial charge in [-0.2, -0.15) is 0 Å². The third-order valence-electron chi connectivity index (χ3n) is 3.84. The Morgan fingerprint density at radius 3 is 2.58 bits per heavy atom. The summed E-state index contributed by atoms with van der Waals surface area (Å²) in [5, 5.41) is 11.6. The van der Waals surface area contributed by atoms with Crippen LogP contribution in [0.15, 0.2) is 33.7 Å². The van der Waals surface area contributed by atoms with Crippen LogP contribution in [0.1, 0.15) is 17.2 Å². The van der Waals surface area contributed by atoms with Gasteiger partial charge in [-0.25, -0.2) is 4.99 Å². The van der Waals surface area contributed by atoms with Gasteiger partial charge in [0.15, 0.2) is 11.8 Å². The maximum absolute atomic E-state index is 5.12. The summed E-state index contributed by atoms with van der Waals surface area (Å²) in [7, 11) is 5.65. The molecule has 26 heavy (non-hydrogen) atoms. The van der Waals surface area contributed by atoms with Crippen LogP contribution in [0.4, 0.5) is 0 Å². The molecule has 1 aromatic carbocycles. The molecule has 144 valence electrons. The zero-order valence-electron chi connectivity index (χ0n) is 15.6. The highest BCUT2D eigenvalue weighted by molar-refractivity contribution is 14.0. The Balaban J connectivity index is 0.00000338. The van der Waals surface area contributed by atoms with Crippen molar-refractivity contribution in [2.45, 2.75) is 20.0 Å². The SMILES string of the molecule is COCCNC(=NCc1nnc(C)n1C)N(C)Cc1ccc(Br)cc1.I. The molecule has 0 saturated heterocycles. The normalized spacial score (nSPS) is 11.2. The second-order valence-electron chi connectivity index (χ2n) is 5.76. The van der Waals surface area contributed by atoms with Crippen LogP contribution in [-0.2, 0) is 24.9 Å². The Kier molecular flexibility index (Phi) is 10.1. The zero-order chi connectivity index (χ0) is 18.2. The molecule has 0 bridgehead atoms. The number of methoxy groups -OCH3 is 1. The molecule has 9 heteroatoms. The molecule has 0 aliphatic rings. The van der Waals surface area contributed by atoms with Crippen LogP contribution in [0.25, 0.3) is 0 Å². The highest BCUT2D eigenvalue weighted by Crippen LogP contribution is 2.12. The van der Waals surface area contributed by atoms with Gasteiger partial charge in [-0.05, 0) is 24.6 Å². The van der Waals surface area contributed by atoms with Gasteiger partial charge in [-0.3, -0.25) is 0 Å². The van der Waals surface area contributed by atoms with Gasteiger partial charge in [0.2, 0.25) is 0 Å². The van der Waals surface area contributed by atoms with E-state index in [0.29, 0.717) is 19.7 Å². The fourth-order valence-corrected chi connectivity index (χ4v) is 2.51. The third kappa shape index (κ3) is 6.84. The number of guanidine groups is 1. The number of ether oxygens (including phenoxy) is 1. The first-order valence-electron chi connectivity index (χ1n) is 8.09. The second kappa shape index (κ2) is 11.5. The van der Waals surface area contributed by atoms with Crippen molar-refractivity contribution < 1.29 is 4.74 Å². The minimum atomic E-state index is 0. The lowest BCUT2D eigenvalue weighted by atomic mass is 10.2. The van der Waals surface area contributed by atoms with Gasteiger partial charge in [-0.1, -0.05) is 28.1 Å². The highest BCUT2D eigenvalue weighted by Gasteiger charge is 2.09.